The van der Waals surface area contributed by atoms with E-state index in [2.05, 4.69) is 39.2 Å². The predicted octanol–water partition coefficient (Wildman–Crippen LogP) is 6.90. The number of hydrogen-bond acceptors (Lipinski definition) is 0. The van der Waals surface area contributed by atoms with Gasteiger partial charge in [-0.2, -0.15) is 0 Å². The normalized spacial score (nSPS) is 11.6. The van der Waals surface area contributed by atoms with E-state index < -0.39 is 0 Å². The second-order valence-corrected chi connectivity index (χ2v) is 7.27. The number of unbranched alkanes of at least 4 members (excludes halogenated alkanes) is 10. The van der Waals surface area contributed by atoms with Crippen LogP contribution in [0.5, 0.6) is 0 Å². The molecule has 0 spiro atoms. The van der Waals surface area contributed by atoms with E-state index in [0.29, 0.717) is 0 Å². The minimum atomic E-state index is 1.10. The van der Waals surface area contributed by atoms with Crippen LogP contribution >= 0.6 is 0 Å². The number of rotatable bonds is 18. The third-order valence-corrected chi connectivity index (χ3v) is 5.00. The summed E-state index contributed by atoms with van der Waals surface area (Å²) >= 11 is 0. The van der Waals surface area contributed by atoms with Gasteiger partial charge in [0.15, 0.2) is 0 Å². The summed E-state index contributed by atoms with van der Waals surface area (Å²) in [4.78, 5) is 0. The van der Waals surface area contributed by atoms with Gasteiger partial charge in [0.1, 0.15) is 0 Å². The maximum Gasteiger partial charge on any atom is 0.0973 e. The third-order valence-electron chi connectivity index (χ3n) is 5.00. The van der Waals surface area contributed by atoms with Crippen molar-refractivity contribution in [1.29, 1.82) is 0 Å². The van der Waals surface area contributed by atoms with Gasteiger partial charge in [-0.05, 0) is 31.4 Å². The molecule has 0 radical (unpaired) electrons. The van der Waals surface area contributed by atoms with Crippen LogP contribution in [0, 0.1) is 0 Å². The first kappa shape index (κ1) is 22.4. The van der Waals surface area contributed by atoms with Gasteiger partial charge in [-0.25, -0.2) is 0 Å². The van der Waals surface area contributed by atoms with Gasteiger partial charge >= 0.3 is 0 Å². The Labute approximate surface area is 147 Å². The van der Waals surface area contributed by atoms with Crippen LogP contribution < -0.4 is 0 Å². The molecule has 0 N–H and O–H groups in total. The van der Waals surface area contributed by atoms with Gasteiger partial charge in [-0.1, -0.05) is 84.8 Å². The van der Waals surface area contributed by atoms with Crippen LogP contribution in [-0.2, 0) is 0 Å². The quantitative estimate of drug-likeness (QED) is 0.146. The number of nitrogens with zero attached hydrogens (tertiary/aromatic N) is 1. The fraction of sp³-hybridized carbons (Fsp3) is 0.818. The first-order valence-electron chi connectivity index (χ1n) is 10.3. The molecule has 1 heteroatoms. The highest BCUT2D eigenvalue weighted by Gasteiger charge is 2.23. The van der Waals surface area contributed by atoms with Crippen molar-refractivity contribution in [2.45, 2.75) is 90.9 Å². The van der Waals surface area contributed by atoms with Crippen LogP contribution in [0.2, 0.25) is 0 Å². The van der Waals surface area contributed by atoms with Crippen molar-refractivity contribution in [2.75, 3.05) is 26.2 Å². The molecule has 0 atom stereocenters. The molecule has 0 aromatic carbocycles. The van der Waals surface area contributed by atoms with Crippen molar-refractivity contribution >= 4 is 0 Å². The van der Waals surface area contributed by atoms with Gasteiger partial charge in [0.2, 0.25) is 0 Å². The third kappa shape index (κ3) is 12.5. The molecular formula is C22H44N+. The molecule has 0 saturated heterocycles. The Balaban J connectivity index is 3.84. The summed E-state index contributed by atoms with van der Waals surface area (Å²) in [5.41, 5.74) is 0. The molecule has 0 rings (SSSR count). The summed E-state index contributed by atoms with van der Waals surface area (Å²) in [6.07, 6.45) is 21.0. The molecule has 0 unspecified atom stereocenters. The highest BCUT2D eigenvalue weighted by molar-refractivity contribution is 4.72. The molecule has 0 heterocycles. The lowest BCUT2D eigenvalue weighted by Gasteiger charge is -2.37. The van der Waals surface area contributed by atoms with E-state index in [1.165, 1.54) is 94.6 Å². The van der Waals surface area contributed by atoms with Gasteiger partial charge in [0.25, 0.3) is 0 Å². The summed E-state index contributed by atoms with van der Waals surface area (Å²) in [5.74, 6) is 0. The molecule has 0 aliphatic rings. The molecule has 0 fully saturated rings. The minimum absolute atomic E-state index is 1.10. The van der Waals surface area contributed by atoms with E-state index >= 15 is 0 Å². The van der Waals surface area contributed by atoms with Gasteiger partial charge in [0, 0.05) is 0 Å². The largest absolute Gasteiger partial charge is 0.317 e. The topological polar surface area (TPSA) is 0 Å². The van der Waals surface area contributed by atoms with Crippen molar-refractivity contribution in [1.82, 2.24) is 0 Å². The van der Waals surface area contributed by atoms with E-state index in [0.717, 1.165) is 13.1 Å². The van der Waals surface area contributed by atoms with E-state index in [1.54, 1.807) is 0 Å². The van der Waals surface area contributed by atoms with Crippen molar-refractivity contribution in [3.05, 3.63) is 25.3 Å². The van der Waals surface area contributed by atoms with Crippen molar-refractivity contribution in [3.8, 4) is 0 Å². The molecule has 0 aliphatic heterocycles. The molecule has 0 aromatic rings. The zero-order chi connectivity index (χ0) is 17.2. The monoisotopic (exact) mass is 322 g/mol. The average molecular weight is 323 g/mol. The lowest BCUT2D eigenvalue weighted by Crippen LogP contribution is -2.49. The lowest BCUT2D eigenvalue weighted by atomic mass is 10.1. The Morgan fingerprint density at radius 3 is 1.39 bits per heavy atom. The van der Waals surface area contributed by atoms with Gasteiger partial charge in [-0.15, -0.1) is 0 Å². The predicted molar refractivity (Wildman–Crippen MR) is 107 cm³/mol. The summed E-state index contributed by atoms with van der Waals surface area (Å²) in [7, 11) is 0. The van der Waals surface area contributed by atoms with Gasteiger partial charge < -0.3 is 4.48 Å². The highest BCUT2D eigenvalue weighted by atomic mass is 15.3. The summed E-state index contributed by atoms with van der Waals surface area (Å²) < 4.78 is 1.18. The molecule has 136 valence electrons. The molecule has 1 nitrogen and oxygen atoms in total. The van der Waals surface area contributed by atoms with Crippen LogP contribution in [0.4, 0.5) is 0 Å². The molecule has 0 aromatic heterocycles. The fourth-order valence-electron chi connectivity index (χ4n) is 3.53. The Kier molecular flexibility index (Phi) is 15.9. The maximum atomic E-state index is 3.99. The minimum Gasteiger partial charge on any atom is -0.317 e. The maximum absolute atomic E-state index is 3.99. The Hall–Kier alpha value is -0.560. The zero-order valence-electron chi connectivity index (χ0n) is 16.3. The van der Waals surface area contributed by atoms with E-state index in [-0.39, 0.29) is 0 Å². The fourth-order valence-corrected chi connectivity index (χ4v) is 3.53. The van der Waals surface area contributed by atoms with Crippen LogP contribution in [0.1, 0.15) is 90.9 Å². The van der Waals surface area contributed by atoms with Crippen molar-refractivity contribution in [2.24, 2.45) is 0 Å². The highest BCUT2D eigenvalue weighted by Crippen LogP contribution is 2.15. The molecule has 0 aliphatic carbocycles. The van der Waals surface area contributed by atoms with Crippen LogP contribution in [0.15, 0.2) is 25.3 Å². The molecular weight excluding hydrogens is 278 g/mol. The zero-order valence-corrected chi connectivity index (χ0v) is 16.3. The van der Waals surface area contributed by atoms with Crippen LogP contribution in [0.3, 0.4) is 0 Å². The number of quaternary nitrogens is 1. The summed E-state index contributed by atoms with van der Waals surface area (Å²) in [5, 5.41) is 0. The molecule has 0 bridgehead atoms. The Morgan fingerprint density at radius 2 is 0.957 bits per heavy atom. The van der Waals surface area contributed by atoms with Crippen LogP contribution in [-0.4, -0.2) is 30.7 Å². The first-order valence-corrected chi connectivity index (χ1v) is 10.3. The van der Waals surface area contributed by atoms with Crippen molar-refractivity contribution < 1.29 is 4.48 Å². The SMILES string of the molecule is C=CC[N+](CC=C)(CCCC)CCCCCCCCCCCC. The second kappa shape index (κ2) is 16.3. The Bertz CT molecular complexity index is 259. The van der Waals surface area contributed by atoms with E-state index in [1.807, 2.05) is 0 Å². The van der Waals surface area contributed by atoms with E-state index in [4.69, 9.17) is 0 Å². The van der Waals surface area contributed by atoms with Crippen LogP contribution in [0.25, 0.3) is 0 Å². The summed E-state index contributed by atoms with van der Waals surface area (Å²) in [6.45, 7) is 17.3. The lowest BCUT2D eigenvalue weighted by molar-refractivity contribution is -0.917. The van der Waals surface area contributed by atoms with Gasteiger partial charge in [-0.3, -0.25) is 0 Å². The molecule has 0 saturated carbocycles. The summed E-state index contributed by atoms with van der Waals surface area (Å²) in [6, 6.07) is 0. The van der Waals surface area contributed by atoms with Crippen molar-refractivity contribution in [3.63, 3.8) is 0 Å². The number of hydrogen-bond donors (Lipinski definition) is 0. The first-order chi connectivity index (χ1) is 11.2. The molecule has 23 heavy (non-hydrogen) atoms. The second-order valence-electron chi connectivity index (χ2n) is 7.27. The smallest absolute Gasteiger partial charge is 0.0973 e. The molecule has 0 amide bonds. The van der Waals surface area contributed by atoms with E-state index in [9.17, 15) is 0 Å². The Morgan fingerprint density at radius 1 is 0.565 bits per heavy atom. The standard InChI is InChI=1S/C22H44N/c1-5-9-11-12-13-14-15-16-17-18-22-23(19-7-3,20-8-4)21-10-6-2/h7-8H,3-6,9-22H2,1-2H3/q+1. The van der Waals surface area contributed by atoms with Gasteiger partial charge in [0.05, 0.1) is 26.2 Å². The average Bonchev–Trinajstić information content (AvgIpc) is 2.55.